The number of rotatable bonds is 1. The third kappa shape index (κ3) is 2.01. The molecule has 4 heteroatoms. The van der Waals surface area contributed by atoms with Crippen LogP contribution in [0.2, 0.25) is 0 Å². The maximum atomic E-state index is 12.1. The second kappa shape index (κ2) is 4.12. The second-order valence-electron chi connectivity index (χ2n) is 4.64. The Morgan fingerprint density at radius 2 is 2.06 bits per heavy atom. The summed E-state index contributed by atoms with van der Waals surface area (Å²) in [7, 11) is 0. The highest BCUT2D eigenvalue weighted by molar-refractivity contribution is 5.93. The van der Waals surface area contributed by atoms with Crippen molar-refractivity contribution in [2.24, 2.45) is 11.8 Å². The van der Waals surface area contributed by atoms with Crippen molar-refractivity contribution in [2.75, 3.05) is 18.8 Å². The van der Waals surface area contributed by atoms with Crippen molar-refractivity contribution in [3.05, 3.63) is 24.0 Å². The first kappa shape index (κ1) is 10.9. The number of carbonyl (C=O) groups is 1. The summed E-state index contributed by atoms with van der Waals surface area (Å²) in [4.78, 5) is 18.0. The van der Waals surface area contributed by atoms with Crippen molar-refractivity contribution in [2.45, 2.75) is 13.8 Å². The van der Waals surface area contributed by atoms with Crippen LogP contribution in [-0.2, 0) is 0 Å². The Morgan fingerprint density at radius 1 is 1.44 bits per heavy atom. The van der Waals surface area contributed by atoms with Gasteiger partial charge in [-0.25, -0.2) is 0 Å². The van der Waals surface area contributed by atoms with Crippen molar-refractivity contribution in [3.8, 4) is 0 Å². The van der Waals surface area contributed by atoms with Gasteiger partial charge in [-0.15, -0.1) is 0 Å². The number of carbonyl (C=O) groups excluding carboxylic acids is 1. The third-order valence-electron chi connectivity index (χ3n) is 3.28. The molecule has 86 valence electrons. The molecule has 0 spiro atoms. The average molecular weight is 219 g/mol. The molecule has 2 rings (SSSR count). The molecular formula is C12H17N3O. The van der Waals surface area contributed by atoms with Crippen molar-refractivity contribution in [1.29, 1.82) is 0 Å². The zero-order chi connectivity index (χ0) is 11.7. The molecule has 1 aromatic heterocycles. The molecule has 1 aliphatic heterocycles. The zero-order valence-corrected chi connectivity index (χ0v) is 9.68. The van der Waals surface area contributed by atoms with E-state index in [1.165, 1.54) is 0 Å². The van der Waals surface area contributed by atoms with Gasteiger partial charge in [-0.1, -0.05) is 13.8 Å². The third-order valence-corrected chi connectivity index (χ3v) is 3.28. The average Bonchev–Trinajstić information content (AvgIpc) is 2.58. The van der Waals surface area contributed by atoms with E-state index in [1.54, 1.807) is 18.3 Å². The molecule has 1 amide bonds. The van der Waals surface area contributed by atoms with Gasteiger partial charge in [0.05, 0.1) is 0 Å². The first-order valence-corrected chi connectivity index (χ1v) is 5.58. The highest BCUT2D eigenvalue weighted by Gasteiger charge is 2.30. The van der Waals surface area contributed by atoms with E-state index in [-0.39, 0.29) is 5.91 Å². The van der Waals surface area contributed by atoms with Gasteiger partial charge in [0.2, 0.25) is 0 Å². The van der Waals surface area contributed by atoms with Crippen LogP contribution in [0.4, 0.5) is 5.69 Å². The number of nitrogens with two attached hydrogens (primary N) is 1. The van der Waals surface area contributed by atoms with Crippen LogP contribution in [-0.4, -0.2) is 28.9 Å². The molecule has 0 bridgehead atoms. The van der Waals surface area contributed by atoms with Crippen molar-refractivity contribution in [1.82, 2.24) is 9.88 Å². The molecule has 1 aromatic rings. The van der Waals surface area contributed by atoms with E-state index >= 15 is 0 Å². The first-order chi connectivity index (χ1) is 7.58. The van der Waals surface area contributed by atoms with Gasteiger partial charge >= 0.3 is 0 Å². The van der Waals surface area contributed by atoms with E-state index in [2.05, 4.69) is 18.8 Å². The molecule has 1 saturated heterocycles. The van der Waals surface area contributed by atoms with E-state index in [9.17, 15) is 4.79 Å². The summed E-state index contributed by atoms with van der Waals surface area (Å²) in [6, 6.07) is 3.32. The van der Waals surface area contributed by atoms with Gasteiger partial charge in [-0.05, 0) is 24.0 Å². The molecule has 1 fully saturated rings. The quantitative estimate of drug-likeness (QED) is 0.776. The largest absolute Gasteiger partial charge is 0.399 e. The minimum Gasteiger partial charge on any atom is -0.399 e. The molecule has 4 nitrogen and oxygen atoms in total. The van der Waals surface area contributed by atoms with Crippen LogP contribution in [0.15, 0.2) is 18.3 Å². The van der Waals surface area contributed by atoms with Gasteiger partial charge in [0.1, 0.15) is 5.69 Å². The maximum Gasteiger partial charge on any atom is 0.272 e. The van der Waals surface area contributed by atoms with Gasteiger partial charge < -0.3 is 10.6 Å². The first-order valence-electron chi connectivity index (χ1n) is 5.58. The SMILES string of the molecule is CC1CN(C(=O)c2cc(N)ccn2)CC1C. The normalized spacial score (nSPS) is 24.8. The number of likely N-dealkylation sites (tertiary alicyclic amines) is 1. The van der Waals surface area contributed by atoms with Gasteiger partial charge in [-0.2, -0.15) is 0 Å². The molecule has 16 heavy (non-hydrogen) atoms. The molecule has 2 unspecified atom stereocenters. The Balaban J connectivity index is 2.14. The van der Waals surface area contributed by atoms with Crippen LogP contribution in [0.1, 0.15) is 24.3 Å². The van der Waals surface area contributed by atoms with Crippen LogP contribution in [0.25, 0.3) is 0 Å². The van der Waals surface area contributed by atoms with Gasteiger partial charge in [-0.3, -0.25) is 9.78 Å². The van der Waals surface area contributed by atoms with Crippen LogP contribution in [0, 0.1) is 11.8 Å². The summed E-state index contributed by atoms with van der Waals surface area (Å²) >= 11 is 0. The standard InChI is InChI=1S/C12H17N3O/c1-8-6-15(7-9(8)2)12(16)11-5-10(13)3-4-14-11/h3-5,8-9H,6-7H2,1-2H3,(H2,13,14). The summed E-state index contributed by atoms with van der Waals surface area (Å²) in [6.07, 6.45) is 1.57. The smallest absolute Gasteiger partial charge is 0.272 e. The molecule has 1 aliphatic rings. The van der Waals surface area contributed by atoms with E-state index < -0.39 is 0 Å². The number of pyridine rings is 1. The second-order valence-corrected chi connectivity index (χ2v) is 4.64. The van der Waals surface area contributed by atoms with Crippen molar-refractivity contribution < 1.29 is 4.79 Å². The lowest BCUT2D eigenvalue weighted by Crippen LogP contribution is -2.29. The molecule has 0 saturated carbocycles. The maximum absolute atomic E-state index is 12.1. The lowest BCUT2D eigenvalue weighted by molar-refractivity contribution is 0.0779. The highest BCUT2D eigenvalue weighted by Crippen LogP contribution is 2.23. The van der Waals surface area contributed by atoms with Crippen molar-refractivity contribution >= 4 is 11.6 Å². The minimum absolute atomic E-state index is 0.0106. The number of anilines is 1. The van der Waals surface area contributed by atoms with E-state index in [1.807, 2.05) is 4.90 Å². The monoisotopic (exact) mass is 219 g/mol. The van der Waals surface area contributed by atoms with Crippen LogP contribution in [0.5, 0.6) is 0 Å². The fraction of sp³-hybridized carbons (Fsp3) is 0.500. The topological polar surface area (TPSA) is 59.2 Å². The van der Waals surface area contributed by atoms with Crippen LogP contribution in [0.3, 0.4) is 0 Å². The summed E-state index contributed by atoms with van der Waals surface area (Å²) in [6.45, 7) is 5.97. The van der Waals surface area contributed by atoms with E-state index in [0.29, 0.717) is 23.2 Å². The fourth-order valence-corrected chi connectivity index (χ4v) is 2.02. The zero-order valence-electron chi connectivity index (χ0n) is 9.68. The molecular weight excluding hydrogens is 202 g/mol. The van der Waals surface area contributed by atoms with Crippen LogP contribution < -0.4 is 5.73 Å². The fourth-order valence-electron chi connectivity index (χ4n) is 2.02. The van der Waals surface area contributed by atoms with Crippen molar-refractivity contribution in [3.63, 3.8) is 0 Å². The van der Waals surface area contributed by atoms with Gasteiger partial charge in [0.15, 0.2) is 0 Å². The summed E-state index contributed by atoms with van der Waals surface area (Å²) < 4.78 is 0. The Morgan fingerprint density at radius 3 is 2.62 bits per heavy atom. The number of aromatic nitrogens is 1. The Kier molecular flexibility index (Phi) is 2.81. The number of nitrogens with zero attached hydrogens (tertiary/aromatic N) is 2. The molecule has 0 radical (unpaired) electrons. The Bertz CT molecular complexity index is 395. The highest BCUT2D eigenvalue weighted by atomic mass is 16.2. The Hall–Kier alpha value is -1.58. The lowest BCUT2D eigenvalue weighted by Gasteiger charge is -2.15. The van der Waals surface area contributed by atoms with Crippen LogP contribution >= 0.6 is 0 Å². The summed E-state index contributed by atoms with van der Waals surface area (Å²) in [5.41, 5.74) is 6.67. The van der Waals surface area contributed by atoms with Gasteiger partial charge in [0.25, 0.3) is 5.91 Å². The van der Waals surface area contributed by atoms with Gasteiger partial charge in [0, 0.05) is 25.0 Å². The molecule has 2 atom stereocenters. The Labute approximate surface area is 95.5 Å². The number of hydrogen-bond donors (Lipinski definition) is 1. The summed E-state index contributed by atoms with van der Waals surface area (Å²) in [5.74, 6) is 1.11. The predicted octanol–water partition coefficient (Wildman–Crippen LogP) is 1.39. The predicted molar refractivity (Wildman–Crippen MR) is 62.9 cm³/mol. The molecule has 2 N–H and O–H groups in total. The van der Waals surface area contributed by atoms with E-state index in [4.69, 9.17) is 5.73 Å². The minimum atomic E-state index is -0.0106. The molecule has 2 heterocycles. The lowest BCUT2D eigenvalue weighted by atomic mass is 10.0. The molecule has 0 aromatic carbocycles. The number of hydrogen-bond acceptors (Lipinski definition) is 3. The summed E-state index contributed by atoms with van der Waals surface area (Å²) in [5, 5.41) is 0. The number of nitrogen functional groups attached to an aromatic ring is 1. The number of amides is 1. The molecule has 0 aliphatic carbocycles. The van der Waals surface area contributed by atoms with E-state index in [0.717, 1.165) is 13.1 Å².